The SMILES string of the molecule is CC(=O)NNC(=O)[C@@]12CC(F)(F)[C@@H](C)[C@H](/C=C/c3ccc(-c4cccc(C)c4C#N)cn3)[C@@H]1[C@@H](C)OC2=O. The molecule has 2 aromatic rings. The fraction of sp³-hybridized carbons (Fsp3) is 0.393. The summed E-state index contributed by atoms with van der Waals surface area (Å²) in [4.78, 5) is 41.7. The second kappa shape index (κ2) is 9.97. The molecule has 38 heavy (non-hydrogen) atoms. The van der Waals surface area contributed by atoms with Crippen LogP contribution in [-0.4, -0.2) is 34.8 Å². The van der Waals surface area contributed by atoms with Crippen LogP contribution in [-0.2, 0) is 19.1 Å². The van der Waals surface area contributed by atoms with Gasteiger partial charge in [-0.25, -0.2) is 8.78 Å². The molecule has 1 saturated heterocycles. The summed E-state index contributed by atoms with van der Waals surface area (Å²) in [6.45, 7) is 5.96. The highest BCUT2D eigenvalue weighted by Gasteiger charge is 2.71. The number of carbonyl (C=O) groups excluding carboxylic acids is 3. The van der Waals surface area contributed by atoms with Gasteiger partial charge in [0, 0.05) is 42.5 Å². The number of carbonyl (C=O) groups is 3. The number of ether oxygens (including phenoxy) is 1. The number of pyridine rings is 1. The van der Waals surface area contributed by atoms with Crippen molar-refractivity contribution in [3.63, 3.8) is 0 Å². The third kappa shape index (κ3) is 4.53. The van der Waals surface area contributed by atoms with Gasteiger partial charge in [0.05, 0.1) is 11.3 Å². The summed E-state index contributed by atoms with van der Waals surface area (Å²) in [7, 11) is 0. The third-order valence-electron chi connectivity index (χ3n) is 7.63. The normalized spacial score (nSPS) is 27.8. The second-order valence-corrected chi connectivity index (χ2v) is 9.99. The second-order valence-electron chi connectivity index (χ2n) is 9.99. The van der Waals surface area contributed by atoms with Crippen molar-refractivity contribution >= 4 is 23.9 Å². The van der Waals surface area contributed by atoms with Gasteiger partial charge >= 0.3 is 5.97 Å². The number of nitrogens with one attached hydrogen (secondary N) is 2. The molecule has 10 heteroatoms. The first kappa shape index (κ1) is 26.9. The summed E-state index contributed by atoms with van der Waals surface area (Å²) in [5.41, 5.74) is 5.38. The molecule has 2 N–H and O–H groups in total. The van der Waals surface area contributed by atoms with Crippen LogP contribution in [0, 0.1) is 41.4 Å². The van der Waals surface area contributed by atoms with Crippen LogP contribution in [0.25, 0.3) is 17.2 Å². The molecule has 8 nitrogen and oxygen atoms in total. The van der Waals surface area contributed by atoms with Crippen molar-refractivity contribution in [3.8, 4) is 17.2 Å². The number of benzene rings is 1. The number of alkyl halides is 2. The Hall–Kier alpha value is -4.13. The Morgan fingerprint density at radius 1 is 1.21 bits per heavy atom. The predicted molar refractivity (Wildman–Crippen MR) is 134 cm³/mol. The molecule has 4 rings (SSSR count). The number of nitriles is 1. The molecule has 2 heterocycles. The maximum Gasteiger partial charge on any atom is 0.322 e. The number of aromatic nitrogens is 1. The highest BCUT2D eigenvalue weighted by atomic mass is 19.3. The topological polar surface area (TPSA) is 121 Å². The van der Waals surface area contributed by atoms with Gasteiger partial charge in [-0.15, -0.1) is 0 Å². The van der Waals surface area contributed by atoms with E-state index in [9.17, 15) is 19.6 Å². The van der Waals surface area contributed by atoms with Crippen LogP contribution in [0.4, 0.5) is 8.78 Å². The van der Waals surface area contributed by atoms with Crippen LogP contribution in [0.5, 0.6) is 0 Å². The minimum Gasteiger partial charge on any atom is -0.461 e. The number of rotatable bonds is 4. The lowest BCUT2D eigenvalue weighted by Crippen LogP contribution is -2.61. The molecule has 2 amide bonds. The summed E-state index contributed by atoms with van der Waals surface area (Å²) in [5, 5.41) is 9.52. The molecule has 1 aliphatic heterocycles. The number of fused-ring (bicyclic) bond motifs is 1. The van der Waals surface area contributed by atoms with Crippen molar-refractivity contribution in [3.05, 3.63) is 59.4 Å². The van der Waals surface area contributed by atoms with Gasteiger partial charge in [0.15, 0.2) is 5.41 Å². The Labute approximate surface area is 219 Å². The van der Waals surface area contributed by atoms with Crippen molar-refractivity contribution in [2.75, 3.05) is 0 Å². The average Bonchev–Trinajstić information content (AvgIpc) is 3.12. The lowest BCUT2D eigenvalue weighted by atomic mass is 9.56. The van der Waals surface area contributed by atoms with Gasteiger partial charge in [0.25, 0.3) is 11.8 Å². The van der Waals surface area contributed by atoms with Gasteiger partial charge in [-0.2, -0.15) is 5.26 Å². The zero-order valence-corrected chi connectivity index (χ0v) is 21.4. The first-order valence-electron chi connectivity index (χ1n) is 12.2. The molecule has 0 spiro atoms. The number of cyclic esters (lactones) is 1. The number of hydrazine groups is 1. The number of esters is 1. The first-order valence-corrected chi connectivity index (χ1v) is 12.2. The Kier molecular flexibility index (Phi) is 7.06. The largest absolute Gasteiger partial charge is 0.461 e. The van der Waals surface area contributed by atoms with Crippen LogP contribution < -0.4 is 10.9 Å². The molecular formula is C28H28F2N4O4. The van der Waals surface area contributed by atoms with E-state index in [4.69, 9.17) is 4.74 Å². The number of amides is 2. The quantitative estimate of drug-likeness (QED) is 0.356. The van der Waals surface area contributed by atoms with E-state index in [-0.39, 0.29) is 0 Å². The van der Waals surface area contributed by atoms with E-state index in [0.717, 1.165) is 23.6 Å². The maximum atomic E-state index is 15.3. The molecule has 1 aromatic carbocycles. The van der Waals surface area contributed by atoms with Gasteiger partial charge in [0.2, 0.25) is 5.91 Å². The average molecular weight is 523 g/mol. The Morgan fingerprint density at radius 2 is 1.95 bits per heavy atom. The fourth-order valence-electron chi connectivity index (χ4n) is 5.64. The van der Waals surface area contributed by atoms with Crippen molar-refractivity contribution in [2.24, 2.45) is 23.2 Å². The zero-order valence-electron chi connectivity index (χ0n) is 21.4. The molecule has 1 aliphatic carbocycles. The molecule has 2 aliphatic rings. The Bertz CT molecular complexity index is 1350. The molecule has 0 unspecified atom stereocenters. The molecule has 5 atom stereocenters. The van der Waals surface area contributed by atoms with Gasteiger partial charge in [-0.05, 0) is 37.5 Å². The summed E-state index contributed by atoms with van der Waals surface area (Å²) in [6.07, 6.45) is 2.91. The monoisotopic (exact) mass is 522 g/mol. The predicted octanol–water partition coefficient (Wildman–Crippen LogP) is 3.95. The maximum absolute atomic E-state index is 15.3. The van der Waals surface area contributed by atoms with Crippen molar-refractivity contribution in [1.82, 2.24) is 15.8 Å². The van der Waals surface area contributed by atoms with Crippen LogP contribution >= 0.6 is 0 Å². The molecule has 0 bridgehead atoms. The van der Waals surface area contributed by atoms with E-state index in [1.807, 2.05) is 25.1 Å². The number of aryl methyl sites for hydroxylation is 1. The van der Waals surface area contributed by atoms with E-state index in [2.05, 4.69) is 21.9 Å². The van der Waals surface area contributed by atoms with Crippen LogP contribution in [0.15, 0.2) is 42.6 Å². The van der Waals surface area contributed by atoms with Crippen molar-refractivity contribution in [1.29, 1.82) is 5.26 Å². The summed E-state index contributed by atoms with van der Waals surface area (Å²) in [6, 6.07) is 11.2. The molecule has 1 saturated carbocycles. The Morgan fingerprint density at radius 3 is 2.58 bits per heavy atom. The van der Waals surface area contributed by atoms with Crippen LogP contribution in [0.2, 0.25) is 0 Å². The highest BCUT2D eigenvalue weighted by molar-refractivity contribution is 6.05. The number of halogens is 2. The minimum atomic E-state index is -3.36. The molecule has 1 aromatic heterocycles. The number of hydrogen-bond acceptors (Lipinski definition) is 6. The standard InChI is InChI=1S/C28H28F2N4O4/c1-15-6-5-7-22(23(15)12-31)19-8-9-20(32-13-19)10-11-21-16(2)28(29,30)14-27(25(36)34-33-18(4)35)24(21)17(3)38-26(27)37/h5-11,13,16-17,21,24H,14H2,1-4H3,(H,33,35)(H,34,36)/b11-10+/t16-,17+,21-,24-,27+/m0/s1. The lowest BCUT2D eigenvalue weighted by Gasteiger charge is -2.46. The van der Waals surface area contributed by atoms with Crippen molar-refractivity contribution < 1.29 is 27.9 Å². The van der Waals surface area contributed by atoms with Gasteiger partial charge in [0.1, 0.15) is 12.2 Å². The molecular weight excluding hydrogens is 494 g/mol. The third-order valence-corrected chi connectivity index (χ3v) is 7.63. The lowest BCUT2D eigenvalue weighted by molar-refractivity contribution is -0.179. The Balaban J connectivity index is 1.67. The fourth-order valence-corrected chi connectivity index (χ4v) is 5.64. The van der Waals surface area contributed by atoms with E-state index in [1.165, 1.54) is 6.92 Å². The molecule has 198 valence electrons. The number of allylic oxidation sites excluding steroid dienone is 1. The summed E-state index contributed by atoms with van der Waals surface area (Å²) < 4.78 is 36.0. The van der Waals surface area contributed by atoms with E-state index < -0.39 is 59.4 Å². The van der Waals surface area contributed by atoms with Crippen molar-refractivity contribution in [2.45, 2.75) is 46.1 Å². The van der Waals surface area contributed by atoms with Gasteiger partial charge < -0.3 is 4.74 Å². The number of hydrogen-bond donors (Lipinski definition) is 2. The molecule has 0 radical (unpaired) electrons. The smallest absolute Gasteiger partial charge is 0.322 e. The van der Waals surface area contributed by atoms with E-state index in [1.54, 1.807) is 37.4 Å². The van der Waals surface area contributed by atoms with Crippen LogP contribution in [0.1, 0.15) is 44.0 Å². The van der Waals surface area contributed by atoms with Crippen LogP contribution in [0.3, 0.4) is 0 Å². The first-order chi connectivity index (χ1) is 17.9. The highest BCUT2D eigenvalue weighted by Crippen LogP contribution is 2.59. The van der Waals surface area contributed by atoms with E-state index in [0.29, 0.717) is 11.3 Å². The summed E-state index contributed by atoms with van der Waals surface area (Å²) in [5.74, 6) is -9.03. The van der Waals surface area contributed by atoms with Gasteiger partial charge in [-0.1, -0.05) is 37.3 Å². The minimum absolute atomic E-state index is 0.479. The number of nitrogens with zero attached hydrogens (tertiary/aromatic N) is 2. The van der Waals surface area contributed by atoms with Gasteiger partial charge in [-0.3, -0.25) is 30.2 Å². The summed E-state index contributed by atoms with van der Waals surface area (Å²) >= 11 is 0. The zero-order chi connectivity index (χ0) is 27.8. The molecule has 2 fully saturated rings. The van der Waals surface area contributed by atoms with E-state index >= 15 is 8.78 Å².